The molecule has 132 valence electrons. The number of halogens is 3. The summed E-state index contributed by atoms with van der Waals surface area (Å²) in [5, 5.41) is 5.96. The standard InChI is InChI=1S/C15H18F3N3O3/c1-24-8-4-7-19-13(22)9-14(23)21-20-10-11-5-2-3-6-12(11)15(16,17)18/h2-3,5-6,10H,4,7-9H2,1H3,(H,19,22)(H,21,23). The number of methoxy groups -OCH3 is 1. The fourth-order valence-corrected chi connectivity index (χ4v) is 1.73. The van der Waals surface area contributed by atoms with Crippen LogP contribution in [0.5, 0.6) is 0 Å². The van der Waals surface area contributed by atoms with Crippen LogP contribution in [0.3, 0.4) is 0 Å². The molecule has 0 spiro atoms. The molecular weight excluding hydrogens is 327 g/mol. The van der Waals surface area contributed by atoms with Gasteiger partial charge in [0.05, 0.1) is 11.8 Å². The number of carbonyl (C=O) groups is 2. The Morgan fingerprint density at radius 2 is 1.96 bits per heavy atom. The minimum atomic E-state index is -4.52. The molecule has 0 aromatic heterocycles. The van der Waals surface area contributed by atoms with Crippen molar-refractivity contribution in [2.24, 2.45) is 5.10 Å². The van der Waals surface area contributed by atoms with Gasteiger partial charge in [0.2, 0.25) is 11.8 Å². The average molecular weight is 345 g/mol. The molecule has 0 unspecified atom stereocenters. The summed E-state index contributed by atoms with van der Waals surface area (Å²) in [6.45, 7) is 0.845. The van der Waals surface area contributed by atoms with E-state index in [1.165, 1.54) is 25.3 Å². The minimum Gasteiger partial charge on any atom is -0.385 e. The summed E-state index contributed by atoms with van der Waals surface area (Å²) in [7, 11) is 1.53. The number of hydrazone groups is 1. The number of benzene rings is 1. The molecule has 24 heavy (non-hydrogen) atoms. The lowest BCUT2D eigenvalue weighted by Crippen LogP contribution is -2.30. The van der Waals surface area contributed by atoms with Crippen LogP contribution >= 0.6 is 0 Å². The predicted molar refractivity (Wildman–Crippen MR) is 81.3 cm³/mol. The third kappa shape index (κ3) is 7.23. The first-order valence-electron chi connectivity index (χ1n) is 7.08. The van der Waals surface area contributed by atoms with E-state index in [1.807, 2.05) is 5.43 Å². The molecule has 2 N–H and O–H groups in total. The lowest BCUT2D eigenvalue weighted by Gasteiger charge is -2.09. The Hall–Kier alpha value is -2.42. The van der Waals surface area contributed by atoms with Crippen molar-refractivity contribution in [3.05, 3.63) is 35.4 Å². The van der Waals surface area contributed by atoms with Crippen molar-refractivity contribution < 1.29 is 27.5 Å². The number of hydrogen-bond acceptors (Lipinski definition) is 4. The number of nitrogens with one attached hydrogen (secondary N) is 2. The predicted octanol–water partition coefficient (Wildman–Crippen LogP) is 1.70. The van der Waals surface area contributed by atoms with Gasteiger partial charge in [-0.2, -0.15) is 18.3 Å². The topological polar surface area (TPSA) is 79.8 Å². The van der Waals surface area contributed by atoms with Gasteiger partial charge in [-0.15, -0.1) is 0 Å². The number of ether oxygens (including phenoxy) is 1. The third-order valence-corrected chi connectivity index (χ3v) is 2.83. The number of rotatable bonds is 8. The molecule has 9 heteroatoms. The maximum atomic E-state index is 12.8. The summed E-state index contributed by atoms with van der Waals surface area (Å²) in [6.07, 6.45) is -3.49. The van der Waals surface area contributed by atoms with Gasteiger partial charge in [0.25, 0.3) is 0 Å². The van der Waals surface area contributed by atoms with Crippen LogP contribution < -0.4 is 10.7 Å². The zero-order valence-corrected chi connectivity index (χ0v) is 13.0. The third-order valence-electron chi connectivity index (χ3n) is 2.83. The Kier molecular flexibility index (Phi) is 7.90. The first-order valence-corrected chi connectivity index (χ1v) is 7.08. The first kappa shape index (κ1) is 19.6. The molecule has 0 heterocycles. The highest BCUT2D eigenvalue weighted by molar-refractivity contribution is 5.97. The average Bonchev–Trinajstić information content (AvgIpc) is 2.51. The highest BCUT2D eigenvalue weighted by Crippen LogP contribution is 2.30. The summed E-state index contributed by atoms with van der Waals surface area (Å²) in [4.78, 5) is 22.9. The smallest absolute Gasteiger partial charge is 0.385 e. The summed E-state index contributed by atoms with van der Waals surface area (Å²) >= 11 is 0. The molecule has 0 bridgehead atoms. The molecule has 0 aliphatic heterocycles. The van der Waals surface area contributed by atoms with Crippen LogP contribution in [-0.4, -0.2) is 38.3 Å². The van der Waals surface area contributed by atoms with Crippen molar-refractivity contribution in [3.63, 3.8) is 0 Å². The van der Waals surface area contributed by atoms with Gasteiger partial charge >= 0.3 is 6.18 Å². The van der Waals surface area contributed by atoms with Gasteiger partial charge in [-0.05, 0) is 12.5 Å². The van der Waals surface area contributed by atoms with Crippen LogP contribution in [0.25, 0.3) is 0 Å². The minimum absolute atomic E-state index is 0.186. The van der Waals surface area contributed by atoms with E-state index in [-0.39, 0.29) is 5.56 Å². The van der Waals surface area contributed by atoms with E-state index >= 15 is 0 Å². The van der Waals surface area contributed by atoms with Crippen molar-refractivity contribution >= 4 is 18.0 Å². The molecular formula is C15H18F3N3O3. The molecule has 0 radical (unpaired) electrons. The lowest BCUT2D eigenvalue weighted by molar-refractivity contribution is -0.137. The first-order chi connectivity index (χ1) is 11.3. The monoisotopic (exact) mass is 345 g/mol. The molecule has 1 rings (SSSR count). The van der Waals surface area contributed by atoms with Gasteiger partial charge in [-0.25, -0.2) is 5.43 Å². The summed E-state index contributed by atoms with van der Waals surface area (Å²) in [5.74, 6) is -1.23. The van der Waals surface area contributed by atoms with Crippen LogP contribution in [0.4, 0.5) is 13.2 Å². The van der Waals surface area contributed by atoms with E-state index in [4.69, 9.17) is 4.74 Å². The van der Waals surface area contributed by atoms with Gasteiger partial charge in [0.1, 0.15) is 6.42 Å². The fraction of sp³-hybridized carbons (Fsp3) is 0.400. The van der Waals surface area contributed by atoms with Gasteiger partial charge in [-0.3, -0.25) is 9.59 Å². The van der Waals surface area contributed by atoms with Crippen LogP contribution in [0.2, 0.25) is 0 Å². The Morgan fingerprint density at radius 3 is 2.62 bits per heavy atom. The number of nitrogens with zero attached hydrogens (tertiary/aromatic N) is 1. The maximum absolute atomic E-state index is 12.8. The largest absolute Gasteiger partial charge is 0.417 e. The van der Waals surface area contributed by atoms with Gasteiger partial charge in [0, 0.05) is 25.8 Å². The Morgan fingerprint density at radius 1 is 1.25 bits per heavy atom. The van der Waals surface area contributed by atoms with Gasteiger partial charge in [-0.1, -0.05) is 18.2 Å². The molecule has 0 fully saturated rings. The second-order valence-electron chi connectivity index (χ2n) is 4.75. The van der Waals surface area contributed by atoms with Crippen LogP contribution in [0, 0.1) is 0 Å². The summed E-state index contributed by atoms with van der Waals surface area (Å²) in [5.41, 5.74) is 0.972. The molecule has 0 saturated heterocycles. The number of hydrogen-bond donors (Lipinski definition) is 2. The molecule has 6 nitrogen and oxygen atoms in total. The second kappa shape index (κ2) is 9.66. The molecule has 0 aliphatic carbocycles. The highest BCUT2D eigenvalue weighted by Gasteiger charge is 2.32. The number of alkyl halides is 3. The second-order valence-corrected chi connectivity index (χ2v) is 4.75. The van der Waals surface area contributed by atoms with Crippen LogP contribution in [0.15, 0.2) is 29.4 Å². The van der Waals surface area contributed by atoms with E-state index in [2.05, 4.69) is 10.4 Å². The highest BCUT2D eigenvalue weighted by atomic mass is 19.4. The number of amides is 2. The zero-order chi connectivity index (χ0) is 18.0. The molecule has 1 aromatic carbocycles. The van der Waals surface area contributed by atoms with Crippen molar-refractivity contribution in [1.82, 2.24) is 10.7 Å². The number of carbonyl (C=O) groups excluding carboxylic acids is 2. The van der Waals surface area contributed by atoms with Crippen molar-refractivity contribution in [2.75, 3.05) is 20.3 Å². The maximum Gasteiger partial charge on any atom is 0.417 e. The molecule has 0 atom stereocenters. The zero-order valence-electron chi connectivity index (χ0n) is 13.0. The normalized spacial score (nSPS) is 11.5. The fourth-order valence-electron chi connectivity index (χ4n) is 1.73. The SMILES string of the molecule is COCCCNC(=O)CC(=O)NN=Cc1ccccc1C(F)(F)F. The van der Waals surface area contributed by atoms with Gasteiger partial charge < -0.3 is 10.1 Å². The molecule has 0 aliphatic rings. The van der Waals surface area contributed by atoms with E-state index in [0.29, 0.717) is 19.6 Å². The van der Waals surface area contributed by atoms with E-state index in [9.17, 15) is 22.8 Å². The van der Waals surface area contributed by atoms with Crippen molar-refractivity contribution in [1.29, 1.82) is 0 Å². The summed E-state index contributed by atoms with van der Waals surface area (Å²) in [6, 6.07) is 4.82. The van der Waals surface area contributed by atoms with E-state index in [0.717, 1.165) is 12.3 Å². The van der Waals surface area contributed by atoms with Crippen LogP contribution in [-0.2, 0) is 20.5 Å². The molecule has 2 amide bonds. The van der Waals surface area contributed by atoms with Gasteiger partial charge in [0.15, 0.2) is 0 Å². The quantitative estimate of drug-likeness (QED) is 0.326. The van der Waals surface area contributed by atoms with Crippen LogP contribution in [0.1, 0.15) is 24.0 Å². The Bertz CT molecular complexity index is 589. The Labute approximate surface area is 137 Å². The molecule has 0 saturated carbocycles. The van der Waals surface area contributed by atoms with E-state index in [1.54, 1.807) is 0 Å². The van der Waals surface area contributed by atoms with Crippen molar-refractivity contribution in [3.8, 4) is 0 Å². The van der Waals surface area contributed by atoms with E-state index < -0.39 is 30.0 Å². The van der Waals surface area contributed by atoms with Crippen molar-refractivity contribution in [2.45, 2.75) is 19.0 Å². The Balaban J connectivity index is 2.47. The summed E-state index contributed by atoms with van der Waals surface area (Å²) < 4.78 is 43.1. The molecule has 1 aromatic rings. The lowest BCUT2D eigenvalue weighted by atomic mass is 10.1.